The Bertz CT molecular complexity index is 1060. The summed E-state index contributed by atoms with van der Waals surface area (Å²) >= 11 is 5.96. The minimum absolute atomic E-state index is 0.297. The molecule has 1 saturated carbocycles. The fourth-order valence-corrected chi connectivity index (χ4v) is 4.94. The summed E-state index contributed by atoms with van der Waals surface area (Å²) in [7, 11) is 0. The molecule has 2 amide bonds. The number of hydrogen-bond acceptors (Lipinski definition) is 5. The summed E-state index contributed by atoms with van der Waals surface area (Å²) in [6.07, 6.45) is 3.20. The van der Waals surface area contributed by atoms with Gasteiger partial charge in [-0.05, 0) is 57.0 Å². The summed E-state index contributed by atoms with van der Waals surface area (Å²) in [6, 6.07) is 9.02. The monoisotopic (exact) mass is 456 g/mol. The minimum Gasteiger partial charge on any atom is -0.456 e. The largest absolute Gasteiger partial charge is 0.456 e. The highest BCUT2D eigenvalue weighted by Gasteiger charge is 2.48. The Morgan fingerprint density at radius 1 is 1.03 bits per heavy atom. The van der Waals surface area contributed by atoms with Crippen molar-refractivity contribution in [2.75, 3.05) is 13.2 Å². The lowest BCUT2D eigenvalue weighted by Gasteiger charge is -2.19. The lowest BCUT2D eigenvalue weighted by Crippen LogP contribution is -2.37. The van der Waals surface area contributed by atoms with Gasteiger partial charge < -0.3 is 9.30 Å². The summed E-state index contributed by atoms with van der Waals surface area (Å²) in [6.45, 7) is 2.81. The van der Waals surface area contributed by atoms with E-state index < -0.39 is 19.1 Å². The first-order valence-corrected chi connectivity index (χ1v) is 11.1. The average molecular weight is 457 g/mol. The second-order valence-electron chi connectivity index (χ2n) is 8.44. The lowest BCUT2D eigenvalue weighted by atomic mass is 9.81. The van der Waals surface area contributed by atoms with Crippen LogP contribution < -0.4 is 0 Å². The Labute approximate surface area is 191 Å². The maximum Gasteiger partial charge on any atom is 0.326 e. The van der Waals surface area contributed by atoms with Gasteiger partial charge in [0, 0.05) is 27.7 Å². The molecule has 2 unspecified atom stereocenters. The molecule has 1 aromatic carbocycles. The predicted octanol–water partition coefficient (Wildman–Crippen LogP) is 3.65. The number of aryl methyl sites for hydroxylation is 1. The standard InChI is InChI=1S/C24H25ClN2O5/c1-14-11-20(15(2)27(14)17-9-7-16(25)8-10-17)21(28)13-32-22(29)12-26-23(30)18-5-3-4-6-19(18)24(26)31/h7-11,18-19H,3-6,12-13H2,1-2H3. The normalized spacial score (nSPS) is 20.4. The van der Waals surface area contributed by atoms with Gasteiger partial charge in [-0.2, -0.15) is 0 Å². The van der Waals surface area contributed by atoms with Gasteiger partial charge in [-0.15, -0.1) is 0 Å². The van der Waals surface area contributed by atoms with Gasteiger partial charge in [0.05, 0.1) is 11.8 Å². The van der Waals surface area contributed by atoms with E-state index in [4.69, 9.17) is 16.3 Å². The zero-order valence-electron chi connectivity index (χ0n) is 18.1. The molecule has 2 fully saturated rings. The van der Waals surface area contributed by atoms with Crippen LogP contribution in [-0.4, -0.2) is 46.2 Å². The molecule has 168 valence electrons. The summed E-state index contributed by atoms with van der Waals surface area (Å²) < 4.78 is 7.06. The summed E-state index contributed by atoms with van der Waals surface area (Å²) in [5, 5.41) is 0.619. The van der Waals surface area contributed by atoms with Gasteiger partial charge in [-0.25, -0.2) is 0 Å². The summed E-state index contributed by atoms with van der Waals surface area (Å²) in [5.41, 5.74) is 2.90. The lowest BCUT2D eigenvalue weighted by molar-refractivity contribution is -0.152. The van der Waals surface area contributed by atoms with Gasteiger partial charge in [-0.1, -0.05) is 24.4 Å². The number of ether oxygens (including phenoxy) is 1. The van der Waals surface area contributed by atoms with Crippen molar-refractivity contribution in [3.05, 3.63) is 52.3 Å². The number of Topliss-reactive ketones (excluding diaryl/α,β-unsaturated/α-hetero) is 1. The molecular formula is C24H25ClN2O5. The van der Waals surface area contributed by atoms with Gasteiger partial charge in [0.2, 0.25) is 17.6 Å². The molecule has 1 saturated heterocycles. The van der Waals surface area contributed by atoms with E-state index in [9.17, 15) is 19.2 Å². The molecule has 0 radical (unpaired) electrons. The van der Waals surface area contributed by atoms with E-state index in [1.165, 1.54) is 0 Å². The van der Waals surface area contributed by atoms with Gasteiger partial charge in [-0.3, -0.25) is 24.1 Å². The number of ketones is 1. The molecule has 2 aliphatic rings. The van der Waals surface area contributed by atoms with Crippen molar-refractivity contribution in [2.24, 2.45) is 11.8 Å². The molecule has 0 bridgehead atoms. The number of halogens is 1. The highest BCUT2D eigenvalue weighted by molar-refractivity contribution is 6.30. The van der Waals surface area contributed by atoms with Crippen LogP contribution in [0.15, 0.2) is 30.3 Å². The molecule has 2 aromatic rings. The number of hydrogen-bond donors (Lipinski definition) is 0. The van der Waals surface area contributed by atoms with Crippen molar-refractivity contribution < 1.29 is 23.9 Å². The third-order valence-corrected chi connectivity index (χ3v) is 6.65. The first-order valence-electron chi connectivity index (χ1n) is 10.8. The first kappa shape index (κ1) is 22.3. The van der Waals surface area contributed by atoms with E-state index in [2.05, 4.69) is 0 Å². The van der Waals surface area contributed by atoms with Crippen LogP contribution in [0.1, 0.15) is 47.4 Å². The number of esters is 1. The zero-order chi connectivity index (χ0) is 23.0. The maximum absolute atomic E-state index is 12.7. The van der Waals surface area contributed by atoms with Crippen LogP contribution >= 0.6 is 11.6 Å². The number of carbonyl (C=O) groups is 4. The highest BCUT2D eigenvalue weighted by Crippen LogP contribution is 2.37. The molecule has 2 heterocycles. The van der Waals surface area contributed by atoms with Crippen molar-refractivity contribution in [3.63, 3.8) is 0 Å². The Morgan fingerprint density at radius 2 is 1.62 bits per heavy atom. The van der Waals surface area contributed by atoms with E-state index >= 15 is 0 Å². The fraction of sp³-hybridized carbons (Fsp3) is 0.417. The Morgan fingerprint density at radius 3 is 2.22 bits per heavy atom. The van der Waals surface area contributed by atoms with Crippen LogP contribution in [0.2, 0.25) is 5.02 Å². The molecule has 1 aliphatic heterocycles. The number of likely N-dealkylation sites (tertiary alicyclic amines) is 1. The Hall–Kier alpha value is -2.93. The third kappa shape index (κ3) is 4.09. The van der Waals surface area contributed by atoms with E-state index in [-0.39, 0.29) is 29.4 Å². The highest BCUT2D eigenvalue weighted by atomic mass is 35.5. The van der Waals surface area contributed by atoms with Crippen molar-refractivity contribution in [2.45, 2.75) is 39.5 Å². The fourth-order valence-electron chi connectivity index (χ4n) is 4.82. The number of carbonyl (C=O) groups excluding carboxylic acids is 4. The number of nitrogens with zero attached hydrogens (tertiary/aromatic N) is 2. The molecule has 0 spiro atoms. The third-order valence-electron chi connectivity index (χ3n) is 6.40. The molecule has 7 nitrogen and oxygen atoms in total. The van der Waals surface area contributed by atoms with E-state index in [0.29, 0.717) is 23.4 Å². The smallest absolute Gasteiger partial charge is 0.326 e. The van der Waals surface area contributed by atoms with Crippen LogP contribution in [-0.2, 0) is 19.1 Å². The molecule has 32 heavy (non-hydrogen) atoms. The van der Waals surface area contributed by atoms with Crippen molar-refractivity contribution in [1.82, 2.24) is 9.47 Å². The Kier molecular flexibility index (Phi) is 6.20. The predicted molar refractivity (Wildman–Crippen MR) is 118 cm³/mol. The van der Waals surface area contributed by atoms with E-state index in [0.717, 1.165) is 34.8 Å². The molecule has 1 aromatic heterocycles. The topological polar surface area (TPSA) is 85.7 Å². The quantitative estimate of drug-likeness (QED) is 0.376. The van der Waals surface area contributed by atoms with Crippen molar-refractivity contribution >= 4 is 35.2 Å². The van der Waals surface area contributed by atoms with Crippen molar-refractivity contribution in [3.8, 4) is 5.69 Å². The molecule has 4 rings (SSSR count). The number of benzene rings is 1. The molecular weight excluding hydrogens is 432 g/mol. The van der Waals surface area contributed by atoms with Crippen LogP contribution in [0, 0.1) is 25.7 Å². The van der Waals surface area contributed by atoms with Crippen LogP contribution in [0.3, 0.4) is 0 Å². The van der Waals surface area contributed by atoms with E-state index in [1.807, 2.05) is 30.5 Å². The van der Waals surface area contributed by atoms with Gasteiger partial charge in [0.15, 0.2) is 6.61 Å². The molecule has 2 atom stereocenters. The zero-order valence-corrected chi connectivity index (χ0v) is 18.9. The van der Waals surface area contributed by atoms with E-state index in [1.54, 1.807) is 18.2 Å². The van der Waals surface area contributed by atoms with Crippen LogP contribution in [0.4, 0.5) is 0 Å². The number of fused-ring (bicyclic) bond motifs is 1. The summed E-state index contributed by atoms with van der Waals surface area (Å²) in [4.78, 5) is 51.0. The van der Waals surface area contributed by atoms with Gasteiger partial charge >= 0.3 is 5.97 Å². The summed E-state index contributed by atoms with van der Waals surface area (Å²) in [5.74, 6) is -2.33. The van der Waals surface area contributed by atoms with Crippen LogP contribution in [0.5, 0.6) is 0 Å². The number of amides is 2. The van der Waals surface area contributed by atoms with Crippen LogP contribution in [0.25, 0.3) is 5.69 Å². The van der Waals surface area contributed by atoms with Gasteiger partial charge in [0.25, 0.3) is 0 Å². The van der Waals surface area contributed by atoms with Crippen molar-refractivity contribution in [1.29, 1.82) is 0 Å². The second-order valence-corrected chi connectivity index (χ2v) is 8.88. The minimum atomic E-state index is -0.759. The number of imide groups is 1. The molecule has 1 aliphatic carbocycles. The SMILES string of the molecule is Cc1cc(C(=O)COC(=O)CN2C(=O)C3CCCCC3C2=O)c(C)n1-c1ccc(Cl)cc1. The number of rotatable bonds is 6. The Balaban J connectivity index is 1.39. The maximum atomic E-state index is 12.7. The number of aromatic nitrogens is 1. The molecule has 8 heteroatoms. The first-order chi connectivity index (χ1) is 15.3. The average Bonchev–Trinajstić information content (AvgIpc) is 3.21. The second kappa shape index (κ2) is 8.90. The molecule has 0 N–H and O–H groups in total. The van der Waals surface area contributed by atoms with Gasteiger partial charge in [0.1, 0.15) is 6.54 Å².